The minimum atomic E-state index is 0.453. The lowest BCUT2D eigenvalue weighted by Crippen LogP contribution is -2.03. The summed E-state index contributed by atoms with van der Waals surface area (Å²) in [6.45, 7) is 8.17. The zero-order valence-electron chi connectivity index (χ0n) is 59.9. The van der Waals surface area contributed by atoms with E-state index >= 15 is 0 Å². The van der Waals surface area contributed by atoms with Crippen molar-refractivity contribution in [2.45, 2.75) is 0 Å². The normalized spacial score (nSPS) is 11.2. The summed E-state index contributed by atoms with van der Waals surface area (Å²) in [5.74, 6) is 2.94. The van der Waals surface area contributed by atoms with Crippen LogP contribution in [0.3, 0.4) is 0 Å². The van der Waals surface area contributed by atoms with Gasteiger partial charge in [-0.3, -0.25) is 0 Å². The molecule has 0 aliphatic carbocycles. The molecule has 518 valence electrons. The summed E-state index contributed by atoms with van der Waals surface area (Å²) in [5, 5.41) is 35.1. The maximum Gasteiger partial charge on any atom is 0.194 e. The lowest BCUT2D eigenvalue weighted by molar-refractivity contribution is 1.07. The summed E-state index contributed by atoms with van der Waals surface area (Å²) in [7, 11) is 0. The second kappa shape index (κ2) is 28.3. The van der Waals surface area contributed by atoms with E-state index < -0.39 is 0 Å². The molecule has 0 bridgehead atoms. The molecule has 0 radical (unpaired) electrons. The van der Waals surface area contributed by atoms with Gasteiger partial charge < -0.3 is 9.13 Å². The van der Waals surface area contributed by atoms with Crippen LogP contribution in [0.25, 0.3) is 195 Å². The Morgan fingerprint density at radius 3 is 0.830 bits per heavy atom. The van der Waals surface area contributed by atoms with Crippen molar-refractivity contribution in [3.05, 3.63) is 380 Å². The first kappa shape index (κ1) is 66.6. The number of aromatic nitrogens is 8. The standard InChI is InChI=1S/C100H58N12/c1-104-90-40-21-20-39-83(90)72-44-52-94-87(57-72)86-56-71(80-38-19-16-33-75(80)62-103)43-51-93(86)112(94)77-46-48-82(89(59-77)100-109-97(65-27-10-4-11-28-65)106-98(110-100)66-29-12-5-13-30-66)68-35-22-34-67(53-68)81-47-45-76(58-88(81)99-107-95(63-23-6-2-7-24-63)105-96(108-99)64-25-8-3-9-26-64)111-91-49-41-69(78-36-17-14-31-73(78)60-101)54-84(91)85-55-70(42-50-92(85)111)79-37-18-15-32-74(79)61-102/h2-59H. The predicted molar refractivity (Wildman–Crippen MR) is 448 cm³/mol. The summed E-state index contributed by atoms with van der Waals surface area (Å²) < 4.78 is 4.56. The minimum Gasteiger partial charge on any atom is -0.309 e. The summed E-state index contributed by atoms with van der Waals surface area (Å²) in [6, 6.07) is 125. The Morgan fingerprint density at radius 2 is 0.500 bits per heavy atom. The highest BCUT2D eigenvalue weighted by molar-refractivity contribution is 6.14. The third kappa shape index (κ3) is 12.0. The van der Waals surface area contributed by atoms with Gasteiger partial charge in [-0.05, 0) is 164 Å². The molecule has 15 aromatic carbocycles. The Kier molecular flexibility index (Phi) is 16.8. The van der Waals surface area contributed by atoms with E-state index in [-0.39, 0.29) is 0 Å². The van der Waals surface area contributed by atoms with E-state index in [1.165, 1.54) is 0 Å². The molecule has 19 rings (SSSR count). The van der Waals surface area contributed by atoms with Crippen LogP contribution in [-0.2, 0) is 0 Å². The van der Waals surface area contributed by atoms with E-state index in [4.69, 9.17) is 36.5 Å². The third-order valence-electron chi connectivity index (χ3n) is 20.8. The van der Waals surface area contributed by atoms with Crippen molar-refractivity contribution < 1.29 is 0 Å². The Bertz CT molecular complexity index is 6410. The fraction of sp³-hybridized carbons (Fsp3) is 0. The molecule has 0 saturated heterocycles. The summed E-state index contributed by atoms with van der Waals surface area (Å²) in [5.41, 5.74) is 22.7. The highest BCUT2D eigenvalue weighted by Crippen LogP contribution is 2.46. The minimum absolute atomic E-state index is 0.453. The van der Waals surface area contributed by atoms with Crippen LogP contribution in [-0.4, -0.2) is 39.0 Å². The molecule has 12 heteroatoms. The van der Waals surface area contributed by atoms with Crippen LogP contribution in [0.15, 0.2) is 352 Å². The third-order valence-corrected chi connectivity index (χ3v) is 20.8. The molecule has 12 nitrogen and oxygen atoms in total. The number of para-hydroxylation sites is 1. The molecule has 0 aliphatic heterocycles. The Labute approximate surface area is 644 Å². The molecule has 0 saturated carbocycles. The molecule has 0 spiro atoms. The Morgan fingerprint density at radius 1 is 0.223 bits per heavy atom. The fourth-order valence-electron chi connectivity index (χ4n) is 15.5. The summed E-state index contributed by atoms with van der Waals surface area (Å²) in [4.78, 5) is 36.1. The second-order valence-corrected chi connectivity index (χ2v) is 27.3. The van der Waals surface area contributed by atoms with Gasteiger partial charge in [0.05, 0.1) is 63.5 Å². The molecule has 0 unspecified atom stereocenters. The van der Waals surface area contributed by atoms with Gasteiger partial charge in [0.25, 0.3) is 0 Å². The smallest absolute Gasteiger partial charge is 0.194 e. The highest BCUT2D eigenvalue weighted by Gasteiger charge is 2.25. The van der Waals surface area contributed by atoms with Crippen molar-refractivity contribution in [3.8, 4) is 165 Å². The number of hydrogen-bond acceptors (Lipinski definition) is 9. The zero-order valence-corrected chi connectivity index (χ0v) is 59.9. The first-order valence-electron chi connectivity index (χ1n) is 36.6. The first-order chi connectivity index (χ1) is 55.3. The molecular weight excluding hydrogens is 1370 g/mol. The number of nitrogens with zero attached hydrogens (tertiary/aromatic N) is 12. The van der Waals surface area contributed by atoms with Crippen LogP contribution in [0.5, 0.6) is 0 Å². The molecule has 0 amide bonds. The summed E-state index contributed by atoms with van der Waals surface area (Å²) in [6.07, 6.45) is 0. The lowest BCUT2D eigenvalue weighted by atomic mass is 9.92. The van der Waals surface area contributed by atoms with E-state index in [0.717, 1.165) is 155 Å². The zero-order chi connectivity index (χ0) is 75.2. The van der Waals surface area contributed by atoms with Gasteiger partial charge in [0.1, 0.15) is 0 Å². The molecular formula is C100H58N12. The van der Waals surface area contributed by atoms with Gasteiger partial charge in [-0.2, -0.15) is 15.8 Å². The van der Waals surface area contributed by atoms with E-state index in [9.17, 15) is 15.8 Å². The molecule has 19 aromatic rings. The van der Waals surface area contributed by atoms with Crippen LogP contribution in [0.2, 0.25) is 0 Å². The molecule has 4 aromatic heterocycles. The molecule has 112 heavy (non-hydrogen) atoms. The monoisotopic (exact) mass is 1430 g/mol. The van der Waals surface area contributed by atoms with Crippen LogP contribution >= 0.6 is 0 Å². The van der Waals surface area contributed by atoms with Crippen LogP contribution < -0.4 is 0 Å². The number of hydrogen-bond donors (Lipinski definition) is 0. The topological polar surface area (TPSA) is 163 Å². The van der Waals surface area contributed by atoms with Crippen LogP contribution in [0, 0.1) is 40.6 Å². The van der Waals surface area contributed by atoms with Crippen LogP contribution in [0.4, 0.5) is 5.69 Å². The molecule has 0 fully saturated rings. The van der Waals surface area contributed by atoms with Crippen molar-refractivity contribution in [2.24, 2.45) is 0 Å². The predicted octanol–water partition coefficient (Wildman–Crippen LogP) is 24.4. The number of benzene rings is 15. The van der Waals surface area contributed by atoms with Gasteiger partial charge in [0.15, 0.2) is 40.6 Å². The van der Waals surface area contributed by atoms with Gasteiger partial charge in [-0.15, -0.1) is 0 Å². The van der Waals surface area contributed by atoms with Crippen molar-refractivity contribution in [3.63, 3.8) is 0 Å². The number of rotatable bonds is 14. The lowest BCUT2D eigenvalue weighted by Gasteiger charge is -2.18. The average molecular weight is 1430 g/mol. The van der Waals surface area contributed by atoms with Gasteiger partial charge in [-0.1, -0.05) is 255 Å². The number of fused-ring (bicyclic) bond motifs is 6. The van der Waals surface area contributed by atoms with E-state index in [1.807, 2.05) is 218 Å². The van der Waals surface area contributed by atoms with E-state index in [0.29, 0.717) is 57.3 Å². The van der Waals surface area contributed by atoms with Gasteiger partial charge in [-0.25, -0.2) is 34.7 Å². The molecule has 0 N–H and O–H groups in total. The number of nitriles is 3. The van der Waals surface area contributed by atoms with Gasteiger partial charge >= 0.3 is 0 Å². The molecule has 0 aliphatic rings. The second-order valence-electron chi connectivity index (χ2n) is 27.3. The molecule has 0 atom stereocenters. The van der Waals surface area contributed by atoms with Crippen molar-refractivity contribution in [2.75, 3.05) is 0 Å². The van der Waals surface area contributed by atoms with Crippen molar-refractivity contribution >= 4 is 49.3 Å². The van der Waals surface area contributed by atoms with Crippen molar-refractivity contribution in [1.29, 1.82) is 15.8 Å². The molecule has 4 heterocycles. The quantitative estimate of drug-likeness (QED) is 0.0964. The van der Waals surface area contributed by atoms with Crippen LogP contribution in [0.1, 0.15) is 16.7 Å². The van der Waals surface area contributed by atoms with E-state index in [2.05, 4.69) is 166 Å². The van der Waals surface area contributed by atoms with Gasteiger partial charge in [0, 0.05) is 66.3 Å². The average Bonchev–Trinajstić information content (AvgIpc) is 1.59. The highest BCUT2D eigenvalue weighted by atomic mass is 15.1. The largest absolute Gasteiger partial charge is 0.309 e. The Balaban J connectivity index is 0.849. The van der Waals surface area contributed by atoms with Crippen molar-refractivity contribution in [1.82, 2.24) is 39.0 Å². The SMILES string of the molecule is [C-]#[N+]c1ccccc1-c1ccc2c(c1)c1cc(-c3ccccc3C#N)ccc1n2-c1ccc(-c2cccc(-c3ccc(-n4c5ccc(-c6ccccc6C#N)cc5c5cc(-c6ccccc6C#N)ccc54)cc3-c3nc(-c4ccccc4)nc(-c4ccccc4)n3)c2)c(-c2nc(-c3ccccc3)nc(-c3ccccc3)n2)c1. The summed E-state index contributed by atoms with van der Waals surface area (Å²) >= 11 is 0. The van der Waals surface area contributed by atoms with Gasteiger partial charge in [0.2, 0.25) is 0 Å². The fourth-order valence-corrected chi connectivity index (χ4v) is 15.5. The maximum atomic E-state index is 10.4. The maximum absolute atomic E-state index is 10.4. The first-order valence-corrected chi connectivity index (χ1v) is 36.6. The van der Waals surface area contributed by atoms with E-state index in [1.54, 1.807) is 0 Å². The Hall–Kier alpha value is -16.1.